The minimum atomic E-state index is 0.0616. The molecule has 0 aromatic rings. The Labute approximate surface area is 67.9 Å². The van der Waals surface area contributed by atoms with E-state index in [1.165, 1.54) is 5.57 Å². The molecule has 0 aliphatic carbocycles. The van der Waals surface area contributed by atoms with Crippen molar-refractivity contribution in [3.8, 4) is 0 Å². The molecule has 2 nitrogen and oxygen atoms in total. The molecule has 0 aromatic heterocycles. The number of aliphatic hydroxyl groups is 1. The van der Waals surface area contributed by atoms with Gasteiger partial charge in [0.25, 0.3) is 0 Å². The van der Waals surface area contributed by atoms with E-state index in [2.05, 4.69) is 13.8 Å². The Morgan fingerprint density at radius 3 is 2.91 bits per heavy atom. The van der Waals surface area contributed by atoms with Crippen molar-refractivity contribution >= 4 is 0 Å². The topological polar surface area (TPSA) is 29.5 Å². The normalized spacial score (nSPS) is 28.5. The van der Waals surface area contributed by atoms with Crippen LogP contribution in [0.3, 0.4) is 0 Å². The lowest BCUT2D eigenvalue weighted by Crippen LogP contribution is -2.09. The van der Waals surface area contributed by atoms with Crippen LogP contribution in [-0.2, 0) is 4.74 Å². The first-order valence-corrected chi connectivity index (χ1v) is 4.24. The predicted octanol–water partition coefficient (Wildman–Crippen LogP) is 1.84. The molecule has 1 aliphatic rings. The summed E-state index contributed by atoms with van der Waals surface area (Å²) in [6, 6.07) is 0. The molecule has 1 N–H and O–H groups in total. The molecule has 1 rings (SSSR count). The maximum Gasteiger partial charge on any atom is 0.122 e. The van der Waals surface area contributed by atoms with Gasteiger partial charge in [0.1, 0.15) is 6.10 Å². The molecule has 0 radical (unpaired) electrons. The number of hydrogen-bond donors (Lipinski definition) is 1. The van der Waals surface area contributed by atoms with Crippen LogP contribution in [-0.4, -0.2) is 17.8 Å². The molecule has 11 heavy (non-hydrogen) atoms. The Morgan fingerprint density at radius 2 is 2.45 bits per heavy atom. The summed E-state index contributed by atoms with van der Waals surface area (Å²) >= 11 is 0. The molecule has 0 bridgehead atoms. The van der Waals surface area contributed by atoms with Crippen LogP contribution in [0.1, 0.15) is 33.1 Å². The molecule has 1 atom stereocenters. The zero-order chi connectivity index (χ0) is 8.27. The number of rotatable bonds is 2. The van der Waals surface area contributed by atoms with Crippen molar-refractivity contribution in [1.29, 1.82) is 0 Å². The van der Waals surface area contributed by atoms with Gasteiger partial charge in [-0.2, -0.15) is 0 Å². The maximum absolute atomic E-state index is 8.79. The fourth-order valence-electron chi connectivity index (χ4n) is 1.25. The van der Waals surface area contributed by atoms with E-state index >= 15 is 0 Å². The lowest BCUT2D eigenvalue weighted by Gasteiger charge is -2.08. The zero-order valence-electron chi connectivity index (χ0n) is 7.26. The highest BCUT2D eigenvalue weighted by molar-refractivity contribution is 5.08. The third kappa shape index (κ3) is 1.96. The summed E-state index contributed by atoms with van der Waals surface area (Å²) in [5, 5.41) is 8.79. The van der Waals surface area contributed by atoms with Crippen molar-refractivity contribution in [2.24, 2.45) is 0 Å². The molecule has 1 unspecified atom stereocenters. The first-order chi connectivity index (χ1) is 5.27. The second-order valence-corrected chi connectivity index (χ2v) is 3.02. The summed E-state index contributed by atoms with van der Waals surface area (Å²) in [5.41, 5.74) is 1.32. The highest BCUT2D eigenvalue weighted by Crippen LogP contribution is 2.26. The molecule has 0 saturated carbocycles. The minimum Gasteiger partial charge on any atom is -0.492 e. The Kier molecular flexibility index (Phi) is 2.94. The molecule has 1 fully saturated rings. The van der Waals surface area contributed by atoms with Crippen molar-refractivity contribution < 1.29 is 9.84 Å². The van der Waals surface area contributed by atoms with Crippen LogP contribution in [0.4, 0.5) is 0 Å². The van der Waals surface area contributed by atoms with Gasteiger partial charge in [-0.3, -0.25) is 0 Å². The average molecular weight is 156 g/mol. The van der Waals surface area contributed by atoms with E-state index < -0.39 is 0 Å². The summed E-state index contributed by atoms with van der Waals surface area (Å²) in [6.45, 7) is 4.37. The summed E-state index contributed by atoms with van der Waals surface area (Å²) in [7, 11) is 0. The summed E-state index contributed by atoms with van der Waals surface area (Å²) in [5.74, 6) is 1.10. The molecule has 0 aromatic carbocycles. The maximum atomic E-state index is 8.79. The van der Waals surface area contributed by atoms with Gasteiger partial charge in [0, 0.05) is 6.42 Å². The number of hydrogen-bond acceptors (Lipinski definition) is 2. The van der Waals surface area contributed by atoms with Crippen LogP contribution in [0.5, 0.6) is 0 Å². The van der Waals surface area contributed by atoms with Gasteiger partial charge in [-0.1, -0.05) is 6.92 Å². The van der Waals surface area contributed by atoms with Gasteiger partial charge >= 0.3 is 0 Å². The largest absolute Gasteiger partial charge is 0.492 e. The predicted molar refractivity (Wildman–Crippen MR) is 44.2 cm³/mol. The summed E-state index contributed by atoms with van der Waals surface area (Å²) in [4.78, 5) is 0. The Morgan fingerprint density at radius 1 is 1.73 bits per heavy atom. The van der Waals surface area contributed by atoms with Gasteiger partial charge in [-0.25, -0.2) is 0 Å². The van der Waals surface area contributed by atoms with E-state index in [9.17, 15) is 0 Å². The highest BCUT2D eigenvalue weighted by Gasteiger charge is 2.20. The van der Waals surface area contributed by atoms with E-state index in [1.807, 2.05) is 0 Å². The van der Waals surface area contributed by atoms with Gasteiger partial charge in [0.2, 0.25) is 0 Å². The van der Waals surface area contributed by atoms with E-state index in [1.54, 1.807) is 0 Å². The summed E-state index contributed by atoms with van der Waals surface area (Å²) < 4.78 is 5.49. The quantitative estimate of drug-likeness (QED) is 0.661. The molecule has 64 valence electrons. The standard InChI is InChI=1S/C9H16O2/c1-3-7(2)9-5-4-8(6-10)11-9/h8,10H,3-6H2,1-2H3. The molecule has 0 spiro atoms. The SMILES string of the molecule is CCC(C)=C1CCC(CO)O1. The zero-order valence-corrected chi connectivity index (χ0v) is 7.26. The van der Waals surface area contributed by atoms with Crippen molar-refractivity contribution in [2.75, 3.05) is 6.61 Å². The van der Waals surface area contributed by atoms with Gasteiger partial charge in [-0.15, -0.1) is 0 Å². The van der Waals surface area contributed by atoms with Gasteiger partial charge in [0.15, 0.2) is 0 Å². The van der Waals surface area contributed by atoms with Crippen LogP contribution in [0, 0.1) is 0 Å². The molecule has 1 saturated heterocycles. The van der Waals surface area contributed by atoms with Crippen LogP contribution < -0.4 is 0 Å². The lowest BCUT2D eigenvalue weighted by atomic mass is 10.1. The van der Waals surface area contributed by atoms with Gasteiger partial charge in [0.05, 0.1) is 12.4 Å². The van der Waals surface area contributed by atoms with E-state index in [0.29, 0.717) is 0 Å². The minimum absolute atomic E-state index is 0.0616. The van der Waals surface area contributed by atoms with Gasteiger partial charge < -0.3 is 9.84 Å². The molecule has 1 aliphatic heterocycles. The van der Waals surface area contributed by atoms with E-state index in [0.717, 1.165) is 25.0 Å². The molecular formula is C9H16O2. The van der Waals surface area contributed by atoms with Crippen LogP contribution in [0.25, 0.3) is 0 Å². The number of aliphatic hydroxyl groups excluding tert-OH is 1. The second-order valence-electron chi connectivity index (χ2n) is 3.02. The van der Waals surface area contributed by atoms with Crippen LogP contribution >= 0.6 is 0 Å². The first kappa shape index (κ1) is 8.60. The van der Waals surface area contributed by atoms with Crippen molar-refractivity contribution in [1.82, 2.24) is 0 Å². The van der Waals surface area contributed by atoms with Crippen LogP contribution in [0.15, 0.2) is 11.3 Å². The van der Waals surface area contributed by atoms with E-state index in [4.69, 9.17) is 9.84 Å². The fourth-order valence-corrected chi connectivity index (χ4v) is 1.25. The smallest absolute Gasteiger partial charge is 0.122 e. The Bertz CT molecular complexity index is 161. The van der Waals surface area contributed by atoms with Crippen molar-refractivity contribution in [3.63, 3.8) is 0 Å². The molecular weight excluding hydrogens is 140 g/mol. The summed E-state index contributed by atoms with van der Waals surface area (Å²) in [6.07, 6.45) is 3.09. The third-order valence-electron chi connectivity index (χ3n) is 2.21. The molecule has 0 amide bonds. The molecule has 1 heterocycles. The van der Waals surface area contributed by atoms with Gasteiger partial charge in [-0.05, 0) is 25.3 Å². The lowest BCUT2D eigenvalue weighted by molar-refractivity contribution is 0.0899. The van der Waals surface area contributed by atoms with Crippen LogP contribution in [0.2, 0.25) is 0 Å². The average Bonchev–Trinajstić information content (AvgIpc) is 2.50. The fraction of sp³-hybridized carbons (Fsp3) is 0.778. The third-order valence-corrected chi connectivity index (χ3v) is 2.21. The number of ether oxygens (including phenoxy) is 1. The van der Waals surface area contributed by atoms with Crippen molar-refractivity contribution in [3.05, 3.63) is 11.3 Å². The van der Waals surface area contributed by atoms with E-state index in [-0.39, 0.29) is 12.7 Å². The Balaban J connectivity index is 2.53. The number of allylic oxidation sites excluding steroid dienone is 2. The first-order valence-electron chi connectivity index (χ1n) is 4.24. The second kappa shape index (κ2) is 3.77. The highest BCUT2D eigenvalue weighted by atomic mass is 16.5. The monoisotopic (exact) mass is 156 g/mol. The molecule has 2 heteroatoms. The Hall–Kier alpha value is -0.500. The van der Waals surface area contributed by atoms with Crippen molar-refractivity contribution in [2.45, 2.75) is 39.2 Å².